The molecule has 2 aliphatic carbocycles. The van der Waals surface area contributed by atoms with Gasteiger partial charge in [-0.25, -0.2) is 4.90 Å². The molecule has 1 saturated carbocycles. The molecule has 0 spiro atoms. The minimum Gasteiger partial charge on any atom is -0.298 e. The third-order valence-electron chi connectivity index (χ3n) is 8.21. The number of nitro benzene ring substituents is 1. The molecule has 178 valence electrons. The largest absolute Gasteiger partial charge is 0.298 e. The highest BCUT2D eigenvalue weighted by Crippen LogP contribution is 2.73. The zero-order valence-electron chi connectivity index (χ0n) is 19.7. The molecule has 0 aromatic heterocycles. The fraction of sp³-hybridized carbons (Fsp3) is 0.207. The summed E-state index contributed by atoms with van der Waals surface area (Å²) in [6.45, 7) is 3.55. The number of rotatable bonds is 4. The molecule has 7 nitrogen and oxygen atoms in total. The van der Waals surface area contributed by atoms with Crippen LogP contribution in [0.25, 0.3) is 11.1 Å². The Hall–Kier alpha value is -4.39. The Bertz CT molecular complexity index is 1430. The highest BCUT2D eigenvalue weighted by atomic mass is 16.6. The van der Waals surface area contributed by atoms with Crippen LogP contribution >= 0.6 is 0 Å². The first-order valence-electron chi connectivity index (χ1n) is 11.8. The van der Waals surface area contributed by atoms with Crippen LogP contribution in [0.15, 0.2) is 84.9 Å². The van der Waals surface area contributed by atoms with E-state index in [1.165, 1.54) is 24.3 Å². The summed E-state index contributed by atoms with van der Waals surface area (Å²) >= 11 is 0. The molecule has 3 aliphatic rings. The quantitative estimate of drug-likeness (QED) is 0.301. The molecule has 2 bridgehead atoms. The fourth-order valence-corrected chi connectivity index (χ4v) is 6.81. The van der Waals surface area contributed by atoms with Gasteiger partial charge in [-0.2, -0.15) is 0 Å². The maximum atomic E-state index is 14.2. The summed E-state index contributed by atoms with van der Waals surface area (Å²) in [6.07, 6.45) is 0. The van der Waals surface area contributed by atoms with Crippen molar-refractivity contribution in [3.8, 4) is 0 Å². The molecule has 1 aliphatic heterocycles. The van der Waals surface area contributed by atoms with E-state index in [9.17, 15) is 24.5 Å². The Labute approximate surface area is 207 Å². The van der Waals surface area contributed by atoms with Crippen molar-refractivity contribution in [2.45, 2.75) is 13.8 Å². The molecule has 3 aromatic rings. The van der Waals surface area contributed by atoms with Crippen LogP contribution in [0.2, 0.25) is 0 Å². The summed E-state index contributed by atoms with van der Waals surface area (Å²) in [5.41, 5.74) is 0.689. The summed E-state index contributed by atoms with van der Waals surface area (Å²) < 4.78 is 0. The Morgan fingerprint density at radius 1 is 0.722 bits per heavy atom. The fourth-order valence-electron chi connectivity index (χ4n) is 6.81. The third-order valence-corrected chi connectivity index (χ3v) is 8.21. The van der Waals surface area contributed by atoms with Gasteiger partial charge in [0.25, 0.3) is 5.69 Å². The molecule has 0 radical (unpaired) electrons. The maximum Gasteiger partial charge on any atom is 0.271 e. The lowest BCUT2D eigenvalue weighted by Gasteiger charge is -2.35. The van der Waals surface area contributed by atoms with Crippen molar-refractivity contribution in [2.75, 3.05) is 4.90 Å². The zero-order chi connectivity index (χ0) is 25.4. The molecule has 4 unspecified atom stereocenters. The predicted octanol–water partition coefficient (Wildman–Crippen LogP) is 4.92. The van der Waals surface area contributed by atoms with Gasteiger partial charge in [-0.1, -0.05) is 66.7 Å². The van der Waals surface area contributed by atoms with Crippen LogP contribution in [0.3, 0.4) is 0 Å². The summed E-state index contributed by atoms with van der Waals surface area (Å²) in [7, 11) is 0. The molecule has 2 fully saturated rings. The van der Waals surface area contributed by atoms with Crippen molar-refractivity contribution in [3.63, 3.8) is 0 Å². The van der Waals surface area contributed by atoms with Crippen molar-refractivity contribution in [2.24, 2.45) is 22.7 Å². The van der Waals surface area contributed by atoms with Crippen molar-refractivity contribution < 1.29 is 19.3 Å². The van der Waals surface area contributed by atoms with Crippen LogP contribution in [-0.2, 0) is 14.4 Å². The van der Waals surface area contributed by atoms with Gasteiger partial charge in [-0.15, -0.1) is 0 Å². The van der Waals surface area contributed by atoms with E-state index in [-0.39, 0.29) is 17.2 Å². The van der Waals surface area contributed by atoms with E-state index in [4.69, 9.17) is 0 Å². The zero-order valence-corrected chi connectivity index (χ0v) is 19.7. The number of nitrogens with zero attached hydrogens (tertiary/aromatic N) is 2. The van der Waals surface area contributed by atoms with Gasteiger partial charge in [0.05, 0.1) is 33.3 Å². The van der Waals surface area contributed by atoms with Gasteiger partial charge in [0.2, 0.25) is 11.8 Å². The highest BCUT2D eigenvalue weighted by molar-refractivity contribution is 6.34. The van der Waals surface area contributed by atoms with Gasteiger partial charge in [0.15, 0.2) is 5.78 Å². The lowest BCUT2D eigenvalue weighted by atomic mass is 9.63. The van der Waals surface area contributed by atoms with E-state index in [0.717, 1.165) is 27.2 Å². The number of Topliss-reactive ketones (excluding diaryl/α,β-unsaturated/α-hetero) is 1. The van der Waals surface area contributed by atoms with Crippen molar-refractivity contribution in [1.29, 1.82) is 0 Å². The number of hydrogen-bond acceptors (Lipinski definition) is 5. The monoisotopic (exact) mass is 478 g/mol. The van der Waals surface area contributed by atoms with E-state index in [2.05, 4.69) is 0 Å². The number of ketones is 1. The summed E-state index contributed by atoms with van der Waals surface area (Å²) in [5, 5.41) is 11.4. The average molecular weight is 479 g/mol. The number of benzene rings is 3. The molecule has 36 heavy (non-hydrogen) atoms. The second-order valence-corrected chi connectivity index (χ2v) is 9.96. The molecule has 6 rings (SSSR count). The number of amides is 2. The van der Waals surface area contributed by atoms with Crippen LogP contribution in [0.4, 0.5) is 11.4 Å². The Kier molecular flexibility index (Phi) is 4.48. The summed E-state index contributed by atoms with van der Waals surface area (Å²) in [6, 6.07) is 24.6. The molecule has 1 saturated heterocycles. The van der Waals surface area contributed by atoms with Gasteiger partial charge < -0.3 is 0 Å². The third kappa shape index (κ3) is 2.54. The van der Waals surface area contributed by atoms with E-state index >= 15 is 0 Å². The number of imide groups is 1. The smallest absolute Gasteiger partial charge is 0.271 e. The lowest BCUT2D eigenvalue weighted by Crippen LogP contribution is -2.40. The standard InChI is InChI=1S/C29H22N2O5/c1-28-21(17-10-5-3-6-11-17)22(18-12-7-4-8-13-18)29(2,27(28)34)24-23(28)25(32)30(26(24)33)19-14-9-15-20(16-19)31(35)36/h3-16,23-24H,1-2H3. The first-order valence-corrected chi connectivity index (χ1v) is 11.8. The van der Waals surface area contributed by atoms with Crippen molar-refractivity contribution >= 4 is 40.1 Å². The number of fused-ring (bicyclic) bond motifs is 5. The number of carbonyl (C=O) groups excluding carboxylic acids is 3. The topological polar surface area (TPSA) is 97.6 Å². The minimum atomic E-state index is -1.23. The maximum absolute atomic E-state index is 14.2. The number of allylic oxidation sites excluding steroid dienone is 2. The molecule has 0 N–H and O–H groups in total. The second kappa shape index (κ2) is 7.31. The van der Waals surface area contributed by atoms with Crippen LogP contribution in [0, 0.1) is 32.8 Å². The lowest BCUT2D eigenvalue weighted by molar-refractivity contribution is -0.384. The van der Waals surface area contributed by atoms with E-state index in [1.54, 1.807) is 13.8 Å². The van der Waals surface area contributed by atoms with Gasteiger partial charge in [0.1, 0.15) is 0 Å². The first kappa shape index (κ1) is 22.1. The van der Waals surface area contributed by atoms with Crippen LogP contribution in [0.5, 0.6) is 0 Å². The predicted molar refractivity (Wildman–Crippen MR) is 133 cm³/mol. The highest BCUT2D eigenvalue weighted by Gasteiger charge is 2.78. The normalized spacial score (nSPS) is 28.7. The van der Waals surface area contributed by atoms with E-state index in [1.807, 2.05) is 60.7 Å². The molecule has 4 atom stereocenters. The first-order chi connectivity index (χ1) is 17.2. The van der Waals surface area contributed by atoms with Crippen LogP contribution in [0.1, 0.15) is 25.0 Å². The van der Waals surface area contributed by atoms with Gasteiger partial charge in [0, 0.05) is 12.1 Å². The number of carbonyl (C=O) groups is 3. The number of nitro groups is 1. The average Bonchev–Trinajstić information content (AvgIpc) is 3.34. The Morgan fingerprint density at radius 2 is 1.19 bits per heavy atom. The Balaban J connectivity index is 1.60. The number of anilines is 1. The van der Waals surface area contributed by atoms with Crippen molar-refractivity contribution in [1.82, 2.24) is 0 Å². The SMILES string of the molecule is CC12C(=O)C(C)(C(c3ccccc3)=C1c1ccccc1)C1C(=O)N(c3cccc([N+](=O)[O-])c3)C(=O)C12. The van der Waals surface area contributed by atoms with Crippen LogP contribution < -0.4 is 4.90 Å². The molecule has 3 aromatic carbocycles. The van der Waals surface area contributed by atoms with Gasteiger partial charge in [-0.05, 0) is 42.2 Å². The van der Waals surface area contributed by atoms with Gasteiger partial charge >= 0.3 is 0 Å². The molecule has 2 amide bonds. The molecular weight excluding hydrogens is 456 g/mol. The van der Waals surface area contributed by atoms with Crippen LogP contribution in [-0.4, -0.2) is 22.5 Å². The van der Waals surface area contributed by atoms with Crippen molar-refractivity contribution in [3.05, 3.63) is 106 Å². The van der Waals surface area contributed by atoms with E-state index < -0.39 is 39.4 Å². The molecule has 1 heterocycles. The number of non-ortho nitro benzene ring substituents is 1. The molecular formula is C29H22N2O5. The van der Waals surface area contributed by atoms with Gasteiger partial charge in [-0.3, -0.25) is 24.5 Å². The number of hydrogen-bond donors (Lipinski definition) is 0. The summed E-state index contributed by atoms with van der Waals surface area (Å²) in [5.74, 6) is -2.92. The Morgan fingerprint density at radius 3 is 1.64 bits per heavy atom. The molecule has 7 heteroatoms. The van der Waals surface area contributed by atoms with E-state index in [0.29, 0.717) is 0 Å². The second-order valence-electron chi connectivity index (χ2n) is 9.96. The summed E-state index contributed by atoms with van der Waals surface area (Å²) in [4.78, 5) is 53.9. The minimum absolute atomic E-state index is 0.136.